The van der Waals surface area contributed by atoms with Crippen molar-refractivity contribution in [3.05, 3.63) is 34.2 Å². The minimum absolute atomic E-state index is 0.250. The first-order chi connectivity index (χ1) is 8.63. The Morgan fingerprint density at radius 2 is 2.17 bits per heavy atom. The average Bonchev–Trinajstić information content (AvgIpc) is 2.72. The van der Waals surface area contributed by atoms with Crippen molar-refractivity contribution >= 4 is 17.3 Å². The van der Waals surface area contributed by atoms with Crippen LogP contribution in [0.25, 0.3) is 11.3 Å². The van der Waals surface area contributed by atoms with Gasteiger partial charge in [0.05, 0.1) is 17.3 Å². The van der Waals surface area contributed by atoms with Gasteiger partial charge >= 0.3 is 5.97 Å². The number of thiazole rings is 1. The standard InChI is InChI=1S/C13H13NO3S/c1-3-17-10-7-5-4-6-9(10)11-12(13(15)16)18-8(2)14-11/h4-7H,3H2,1-2H3,(H,15,16). The second-order valence-corrected chi connectivity index (χ2v) is 4.85. The number of para-hydroxylation sites is 1. The highest BCUT2D eigenvalue weighted by Crippen LogP contribution is 2.34. The predicted octanol–water partition coefficient (Wildman–Crippen LogP) is 3.22. The van der Waals surface area contributed by atoms with Crippen LogP contribution in [0.3, 0.4) is 0 Å². The van der Waals surface area contributed by atoms with Gasteiger partial charge in [-0.1, -0.05) is 12.1 Å². The molecule has 0 bridgehead atoms. The Morgan fingerprint density at radius 3 is 2.83 bits per heavy atom. The van der Waals surface area contributed by atoms with E-state index in [4.69, 9.17) is 4.74 Å². The number of ether oxygens (including phenoxy) is 1. The molecular formula is C13H13NO3S. The van der Waals surface area contributed by atoms with Gasteiger partial charge in [0.25, 0.3) is 0 Å². The van der Waals surface area contributed by atoms with E-state index in [-0.39, 0.29) is 4.88 Å². The SMILES string of the molecule is CCOc1ccccc1-c1nc(C)sc1C(=O)O. The lowest BCUT2D eigenvalue weighted by atomic mass is 10.1. The monoisotopic (exact) mass is 263 g/mol. The largest absolute Gasteiger partial charge is 0.493 e. The fourth-order valence-electron chi connectivity index (χ4n) is 1.70. The summed E-state index contributed by atoms with van der Waals surface area (Å²) in [7, 11) is 0. The second kappa shape index (κ2) is 5.18. The lowest BCUT2D eigenvalue weighted by Gasteiger charge is -2.08. The van der Waals surface area contributed by atoms with Gasteiger partial charge in [0.2, 0.25) is 0 Å². The predicted molar refractivity (Wildman–Crippen MR) is 70.4 cm³/mol. The molecule has 0 aliphatic heterocycles. The van der Waals surface area contributed by atoms with Crippen molar-refractivity contribution in [2.75, 3.05) is 6.61 Å². The van der Waals surface area contributed by atoms with Gasteiger partial charge in [-0.15, -0.1) is 11.3 Å². The van der Waals surface area contributed by atoms with Gasteiger partial charge in [-0.3, -0.25) is 0 Å². The summed E-state index contributed by atoms with van der Waals surface area (Å²) < 4.78 is 5.51. The fraction of sp³-hybridized carbons (Fsp3) is 0.231. The van der Waals surface area contributed by atoms with Crippen LogP contribution in [0, 0.1) is 6.92 Å². The van der Waals surface area contributed by atoms with Gasteiger partial charge in [0.15, 0.2) is 0 Å². The van der Waals surface area contributed by atoms with Gasteiger partial charge in [-0.05, 0) is 26.0 Å². The molecule has 0 aliphatic carbocycles. The van der Waals surface area contributed by atoms with Crippen molar-refractivity contribution in [3.63, 3.8) is 0 Å². The van der Waals surface area contributed by atoms with Crippen LogP contribution in [0.2, 0.25) is 0 Å². The summed E-state index contributed by atoms with van der Waals surface area (Å²) in [6.45, 7) is 4.22. The number of hydrogen-bond acceptors (Lipinski definition) is 4. The van der Waals surface area contributed by atoms with E-state index in [9.17, 15) is 9.90 Å². The summed E-state index contributed by atoms with van der Waals surface area (Å²) in [5.41, 5.74) is 1.20. The van der Waals surface area contributed by atoms with Crippen LogP contribution < -0.4 is 4.74 Å². The van der Waals surface area contributed by atoms with E-state index < -0.39 is 5.97 Å². The van der Waals surface area contributed by atoms with E-state index >= 15 is 0 Å². The van der Waals surface area contributed by atoms with Crippen molar-refractivity contribution in [2.45, 2.75) is 13.8 Å². The number of aryl methyl sites for hydroxylation is 1. The Kier molecular flexibility index (Phi) is 3.62. The van der Waals surface area contributed by atoms with Gasteiger partial charge in [-0.25, -0.2) is 9.78 Å². The average molecular weight is 263 g/mol. The number of carbonyl (C=O) groups is 1. The van der Waals surface area contributed by atoms with Crippen LogP contribution >= 0.6 is 11.3 Å². The molecule has 4 nitrogen and oxygen atoms in total. The zero-order valence-corrected chi connectivity index (χ0v) is 11.0. The van der Waals surface area contributed by atoms with Gasteiger partial charge in [0, 0.05) is 5.56 Å². The zero-order valence-electron chi connectivity index (χ0n) is 10.1. The minimum atomic E-state index is -0.957. The summed E-state index contributed by atoms with van der Waals surface area (Å²) >= 11 is 1.18. The van der Waals surface area contributed by atoms with Crippen LogP contribution in [-0.2, 0) is 0 Å². The molecule has 18 heavy (non-hydrogen) atoms. The molecule has 0 saturated heterocycles. The van der Waals surface area contributed by atoms with Crippen LogP contribution in [0.1, 0.15) is 21.6 Å². The minimum Gasteiger partial charge on any atom is -0.493 e. The molecule has 5 heteroatoms. The third-order valence-electron chi connectivity index (χ3n) is 2.37. The van der Waals surface area contributed by atoms with E-state index in [1.165, 1.54) is 11.3 Å². The van der Waals surface area contributed by atoms with Crippen LogP contribution in [0.5, 0.6) is 5.75 Å². The van der Waals surface area contributed by atoms with Crippen molar-refractivity contribution < 1.29 is 14.6 Å². The fourth-order valence-corrected chi connectivity index (χ4v) is 2.47. The summed E-state index contributed by atoms with van der Waals surface area (Å²) in [4.78, 5) is 15.8. The lowest BCUT2D eigenvalue weighted by molar-refractivity contribution is 0.0702. The first-order valence-corrected chi connectivity index (χ1v) is 6.38. The summed E-state index contributed by atoms with van der Waals surface area (Å²) in [6.07, 6.45) is 0. The number of aromatic nitrogens is 1. The molecule has 0 spiro atoms. The molecule has 1 N–H and O–H groups in total. The summed E-state index contributed by atoms with van der Waals surface area (Å²) in [6, 6.07) is 7.34. The van der Waals surface area contributed by atoms with Gasteiger partial charge in [0.1, 0.15) is 10.6 Å². The van der Waals surface area contributed by atoms with Crippen molar-refractivity contribution in [3.8, 4) is 17.0 Å². The highest BCUT2D eigenvalue weighted by Gasteiger charge is 2.19. The number of carboxylic acids is 1. The third kappa shape index (κ3) is 2.36. The molecule has 1 aromatic carbocycles. The highest BCUT2D eigenvalue weighted by molar-refractivity contribution is 7.14. The Bertz CT molecular complexity index is 577. The van der Waals surface area contributed by atoms with E-state index in [1.54, 1.807) is 6.92 Å². The van der Waals surface area contributed by atoms with Gasteiger partial charge in [-0.2, -0.15) is 0 Å². The zero-order chi connectivity index (χ0) is 13.1. The second-order valence-electron chi connectivity index (χ2n) is 3.64. The molecule has 2 rings (SSSR count). The normalized spacial score (nSPS) is 10.3. The van der Waals surface area contributed by atoms with E-state index in [0.29, 0.717) is 18.1 Å². The summed E-state index contributed by atoms with van der Waals surface area (Å²) in [5, 5.41) is 9.92. The summed E-state index contributed by atoms with van der Waals surface area (Å²) in [5.74, 6) is -0.297. The van der Waals surface area contributed by atoms with Crippen molar-refractivity contribution in [1.82, 2.24) is 4.98 Å². The van der Waals surface area contributed by atoms with E-state index in [1.807, 2.05) is 31.2 Å². The molecule has 0 aliphatic rings. The smallest absolute Gasteiger partial charge is 0.348 e. The van der Waals surface area contributed by atoms with Crippen LogP contribution in [0.15, 0.2) is 24.3 Å². The lowest BCUT2D eigenvalue weighted by Crippen LogP contribution is -1.98. The number of carboxylic acid groups (broad SMARTS) is 1. The topological polar surface area (TPSA) is 59.4 Å². The first kappa shape index (κ1) is 12.6. The number of aromatic carboxylic acids is 1. The molecule has 94 valence electrons. The third-order valence-corrected chi connectivity index (χ3v) is 3.33. The molecular weight excluding hydrogens is 250 g/mol. The quantitative estimate of drug-likeness (QED) is 0.920. The molecule has 1 heterocycles. The molecule has 0 fully saturated rings. The number of hydrogen-bond donors (Lipinski definition) is 1. The Balaban J connectivity index is 2.58. The maximum absolute atomic E-state index is 11.2. The maximum Gasteiger partial charge on any atom is 0.348 e. The Morgan fingerprint density at radius 1 is 1.44 bits per heavy atom. The maximum atomic E-state index is 11.2. The van der Waals surface area contributed by atoms with Crippen LogP contribution in [0.4, 0.5) is 0 Å². The van der Waals surface area contributed by atoms with Gasteiger partial charge < -0.3 is 9.84 Å². The number of rotatable bonds is 4. The molecule has 0 unspecified atom stereocenters. The number of nitrogens with zero attached hydrogens (tertiary/aromatic N) is 1. The molecule has 0 radical (unpaired) electrons. The van der Waals surface area contributed by atoms with E-state index in [0.717, 1.165) is 10.6 Å². The molecule has 0 atom stereocenters. The van der Waals surface area contributed by atoms with Crippen molar-refractivity contribution in [1.29, 1.82) is 0 Å². The number of benzene rings is 1. The Labute approximate surface area is 109 Å². The Hall–Kier alpha value is -1.88. The molecule has 2 aromatic rings. The molecule has 0 amide bonds. The molecule has 1 aromatic heterocycles. The van der Waals surface area contributed by atoms with E-state index in [2.05, 4.69) is 4.98 Å². The first-order valence-electron chi connectivity index (χ1n) is 5.56. The molecule has 0 saturated carbocycles. The highest BCUT2D eigenvalue weighted by atomic mass is 32.1. The van der Waals surface area contributed by atoms with Crippen molar-refractivity contribution in [2.24, 2.45) is 0 Å². The van der Waals surface area contributed by atoms with Crippen LogP contribution in [-0.4, -0.2) is 22.7 Å².